The molecular formula is C25H34N2O2. The highest BCUT2D eigenvalue weighted by atomic mass is 16.5. The van der Waals surface area contributed by atoms with Gasteiger partial charge in [0.2, 0.25) is 0 Å². The average Bonchev–Trinajstić information content (AvgIpc) is 2.78. The van der Waals surface area contributed by atoms with Crippen LogP contribution in [0.25, 0.3) is 0 Å². The first-order valence-corrected chi connectivity index (χ1v) is 11.2. The maximum Gasteiger partial charge on any atom is 0.119 e. The SMILES string of the molecule is OC1([C@H](CN2CCNCC2)c2ccc(OCc3ccccc3)cc2)CCCCC1. The van der Waals surface area contributed by atoms with Gasteiger partial charge in [-0.2, -0.15) is 0 Å². The van der Waals surface area contributed by atoms with Crippen molar-refractivity contribution in [2.24, 2.45) is 0 Å². The zero-order valence-electron chi connectivity index (χ0n) is 17.4. The highest BCUT2D eigenvalue weighted by Gasteiger charge is 2.39. The van der Waals surface area contributed by atoms with Gasteiger partial charge in [0.15, 0.2) is 0 Å². The fourth-order valence-electron chi connectivity index (χ4n) is 4.79. The zero-order valence-corrected chi connectivity index (χ0v) is 17.4. The topological polar surface area (TPSA) is 44.7 Å². The van der Waals surface area contributed by atoms with E-state index in [0.29, 0.717) is 6.61 Å². The first-order chi connectivity index (χ1) is 14.2. The van der Waals surface area contributed by atoms with Crippen molar-refractivity contribution in [1.82, 2.24) is 10.2 Å². The number of piperazine rings is 1. The van der Waals surface area contributed by atoms with E-state index in [1.165, 1.54) is 17.5 Å². The van der Waals surface area contributed by atoms with Gasteiger partial charge in [0, 0.05) is 38.6 Å². The van der Waals surface area contributed by atoms with Crippen molar-refractivity contribution in [3.63, 3.8) is 0 Å². The number of aliphatic hydroxyl groups is 1. The van der Waals surface area contributed by atoms with Crippen LogP contribution in [0.3, 0.4) is 0 Å². The van der Waals surface area contributed by atoms with Gasteiger partial charge in [0.05, 0.1) is 5.60 Å². The Bertz CT molecular complexity index is 735. The van der Waals surface area contributed by atoms with Crippen LogP contribution in [0, 0.1) is 0 Å². The lowest BCUT2D eigenvalue weighted by molar-refractivity contribution is -0.0316. The Morgan fingerprint density at radius 2 is 1.62 bits per heavy atom. The van der Waals surface area contributed by atoms with Crippen LogP contribution >= 0.6 is 0 Å². The zero-order chi connectivity index (χ0) is 19.9. The number of ether oxygens (including phenoxy) is 1. The van der Waals surface area contributed by atoms with Crippen molar-refractivity contribution < 1.29 is 9.84 Å². The highest BCUT2D eigenvalue weighted by molar-refractivity contribution is 5.32. The number of nitrogens with zero attached hydrogens (tertiary/aromatic N) is 1. The molecular weight excluding hydrogens is 360 g/mol. The quantitative estimate of drug-likeness (QED) is 0.746. The highest BCUT2D eigenvalue weighted by Crippen LogP contribution is 2.41. The molecule has 4 rings (SSSR count). The van der Waals surface area contributed by atoms with Crippen LogP contribution in [0.5, 0.6) is 5.75 Å². The number of nitrogens with one attached hydrogen (secondary N) is 1. The lowest BCUT2D eigenvalue weighted by atomic mass is 9.72. The summed E-state index contributed by atoms with van der Waals surface area (Å²) in [6, 6.07) is 18.7. The maximum atomic E-state index is 11.6. The van der Waals surface area contributed by atoms with Gasteiger partial charge in [-0.05, 0) is 36.1 Å². The molecule has 0 unspecified atom stereocenters. The van der Waals surface area contributed by atoms with Gasteiger partial charge >= 0.3 is 0 Å². The first-order valence-electron chi connectivity index (χ1n) is 11.2. The molecule has 156 valence electrons. The molecule has 2 N–H and O–H groups in total. The van der Waals surface area contributed by atoms with E-state index < -0.39 is 5.60 Å². The van der Waals surface area contributed by atoms with Crippen molar-refractivity contribution in [1.29, 1.82) is 0 Å². The first kappa shape index (κ1) is 20.4. The summed E-state index contributed by atoms with van der Waals surface area (Å²) < 4.78 is 5.97. The lowest BCUT2D eigenvalue weighted by Gasteiger charge is -2.42. The Morgan fingerprint density at radius 3 is 2.31 bits per heavy atom. The smallest absolute Gasteiger partial charge is 0.119 e. The van der Waals surface area contributed by atoms with E-state index in [9.17, 15) is 5.11 Å². The summed E-state index contributed by atoms with van der Waals surface area (Å²) in [5.74, 6) is 1.04. The monoisotopic (exact) mass is 394 g/mol. The third kappa shape index (κ3) is 5.39. The van der Waals surface area contributed by atoms with E-state index in [1.54, 1.807) is 0 Å². The van der Waals surface area contributed by atoms with E-state index >= 15 is 0 Å². The second-order valence-corrected chi connectivity index (χ2v) is 8.61. The fourth-order valence-corrected chi connectivity index (χ4v) is 4.79. The van der Waals surface area contributed by atoms with Crippen LogP contribution in [0.2, 0.25) is 0 Å². The van der Waals surface area contributed by atoms with Gasteiger partial charge in [-0.3, -0.25) is 0 Å². The molecule has 2 fully saturated rings. The molecule has 2 aromatic rings. The molecule has 29 heavy (non-hydrogen) atoms. The van der Waals surface area contributed by atoms with Gasteiger partial charge in [0.1, 0.15) is 12.4 Å². The van der Waals surface area contributed by atoms with Crippen molar-refractivity contribution in [2.75, 3.05) is 32.7 Å². The van der Waals surface area contributed by atoms with Crippen LogP contribution in [-0.2, 0) is 6.61 Å². The molecule has 1 atom stereocenters. The summed E-state index contributed by atoms with van der Waals surface area (Å²) in [7, 11) is 0. The molecule has 0 aromatic heterocycles. The molecule has 1 aliphatic carbocycles. The van der Waals surface area contributed by atoms with Crippen molar-refractivity contribution >= 4 is 0 Å². The molecule has 2 aliphatic rings. The van der Waals surface area contributed by atoms with Gasteiger partial charge < -0.3 is 20.1 Å². The Hall–Kier alpha value is -1.88. The largest absolute Gasteiger partial charge is 0.489 e. The number of hydrogen-bond acceptors (Lipinski definition) is 4. The molecule has 4 nitrogen and oxygen atoms in total. The summed E-state index contributed by atoms with van der Waals surface area (Å²) in [5.41, 5.74) is 1.82. The molecule has 4 heteroatoms. The third-order valence-corrected chi connectivity index (χ3v) is 6.55. The maximum absolute atomic E-state index is 11.6. The molecule has 1 saturated heterocycles. The molecule has 0 radical (unpaired) electrons. The summed E-state index contributed by atoms with van der Waals surface area (Å²) in [6.07, 6.45) is 5.33. The van der Waals surface area contributed by atoms with Crippen molar-refractivity contribution in [3.05, 3.63) is 65.7 Å². The van der Waals surface area contributed by atoms with E-state index in [4.69, 9.17) is 4.74 Å². The Kier molecular flexibility index (Phi) is 6.86. The van der Waals surface area contributed by atoms with Crippen LogP contribution in [-0.4, -0.2) is 48.3 Å². The Morgan fingerprint density at radius 1 is 0.931 bits per heavy atom. The third-order valence-electron chi connectivity index (χ3n) is 6.55. The van der Waals surface area contributed by atoms with Crippen molar-refractivity contribution in [2.45, 2.75) is 50.2 Å². The summed E-state index contributed by atoms with van der Waals surface area (Å²) in [6.45, 7) is 5.71. The number of hydrogen-bond donors (Lipinski definition) is 2. The molecule has 1 aliphatic heterocycles. The molecule has 1 saturated carbocycles. The van der Waals surface area contributed by atoms with Crippen LogP contribution in [0.15, 0.2) is 54.6 Å². The second kappa shape index (κ2) is 9.75. The van der Waals surface area contributed by atoms with E-state index in [2.05, 4.69) is 46.6 Å². The Labute approximate surface area is 174 Å². The number of rotatable bonds is 7. The minimum absolute atomic E-state index is 0.157. The number of benzene rings is 2. The lowest BCUT2D eigenvalue weighted by Crippen LogP contribution is -2.49. The van der Waals surface area contributed by atoms with E-state index in [1.807, 2.05) is 18.2 Å². The molecule has 0 spiro atoms. The fraction of sp³-hybridized carbons (Fsp3) is 0.520. The molecule has 2 aromatic carbocycles. The standard InChI is InChI=1S/C25H34N2O2/c28-25(13-5-2-6-14-25)24(19-27-17-15-26-16-18-27)22-9-11-23(12-10-22)29-20-21-7-3-1-4-8-21/h1,3-4,7-12,24,26,28H,2,5-6,13-20H2/t24-/m1/s1. The van der Waals surface area contributed by atoms with Gasteiger partial charge in [-0.25, -0.2) is 0 Å². The van der Waals surface area contributed by atoms with Crippen molar-refractivity contribution in [3.8, 4) is 5.75 Å². The predicted molar refractivity (Wildman–Crippen MR) is 117 cm³/mol. The summed E-state index contributed by atoms with van der Waals surface area (Å²) >= 11 is 0. The molecule has 0 amide bonds. The summed E-state index contributed by atoms with van der Waals surface area (Å²) in [5, 5.41) is 15.0. The minimum Gasteiger partial charge on any atom is -0.489 e. The predicted octanol–water partition coefficient (Wildman–Crippen LogP) is 3.95. The van der Waals surface area contributed by atoms with Crippen LogP contribution in [0.4, 0.5) is 0 Å². The van der Waals surface area contributed by atoms with Crippen LogP contribution in [0.1, 0.15) is 49.1 Å². The van der Waals surface area contributed by atoms with E-state index in [-0.39, 0.29) is 5.92 Å². The molecule has 1 heterocycles. The normalized spacial score (nSPS) is 20.9. The summed E-state index contributed by atoms with van der Waals surface area (Å²) in [4.78, 5) is 2.51. The van der Waals surface area contributed by atoms with Gasteiger partial charge in [0.25, 0.3) is 0 Å². The minimum atomic E-state index is -0.588. The molecule has 0 bridgehead atoms. The van der Waals surface area contributed by atoms with E-state index in [0.717, 1.165) is 64.2 Å². The van der Waals surface area contributed by atoms with Crippen LogP contribution < -0.4 is 10.1 Å². The average molecular weight is 395 g/mol. The Balaban J connectivity index is 1.47. The second-order valence-electron chi connectivity index (χ2n) is 8.61. The van der Waals surface area contributed by atoms with Gasteiger partial charge in [-0.1, -0.05) is 61.7 Å². The van der Waals surface area contributed by atoms with Gasteiger partial charge in [-0.15, -0.1) is 0 Å².